The maximum Gasteiger partial charge on any atom is 0.120 e. The first kappa shape index (κ1) is 16.2. The van der Waals surface area contributed by atoms with E-state index in [1.165, 1.54) is 4.88 Å². The molecule has 6 heteroatoms. The van der Waals surface area contributed by atoms with Crippen LogP contribution in [-0.4, -0.2) is 36.0 Å². The minimum Gasteiger partial charge on any atom is -0.468 e. The molecule has 2 N–H and O–H groups in total. The molecular formula is C15H22N2O3S. The summed E-state index contributed by atoms with van der Waals surface area (Å²) in [4.78, 5) is 5.44. The third kappa shape index (κ3) is 5.24. The number of aromatic nitrogens is 1. The molecule has 0 fully saturated rings. The molecule has 116 valence electrons. The summed E-state index contributed by atoms with van der Waals surface area (Å²) < 4.78 is 10.8. The summed E-state index contributed by atoms with van der Waals surface area (Å²) in [6.45, 7) is 5.41. The molecule has 1 unspecified atom stereocenters. The Morgan fingerprint density at radius 3 is 3.05 bits per heavy atom. The van der Waals surface area contributed by atoms with E-state index in [0.29, 0.717) is 19.8 Å². The van der Waals surface area contributed by atoms with Gasteiger partial charge in [-0.05, 0) is 26.0 Å². The van der Waals surface area contributed by atoms with Gasteiger partial charge in [-0.15, -0.1) is 11.3 Å². The van der Waals surface area contributed by atoms with E-state index in [9.17, 15) is 5.11 Å². The minimum atomic E-state index is -0.523. The second-order valence-corrected chi connectivity index (χ2v) is 5.92. The van der Waals surface area contributed by atoms with E-state index < -0.39 is 6.10 Å². The Hall–Kier alpha value is -1.21. The summed E-state index contributed by atoms with van der Waals surface area (Å²) >= 11 is 1.64. The summed E-state index contributed by atoms with van der Waals surface area (Å²) in [5.41, 5.74) is 2.91. The van der Waals surface area contributed by atoms with Crippen LogP contribution in [0.15, 0.2) is 28.3 Å². The first-order chi connectivity index (χ1) is 10.2. The highest BCUT2D eigenvalue weighted by molar-refractivity contribution is 7.09. The molecule has 0 amide bonds. The molecule has 2 rings (SSSR count). The zero-order chi connectivity index (χ0) is 15.1. The van der Waals surface area contributed by atoms with E-state index in [2.05, 4.69) is 10.3 Å². The molecule has 2 atom stereocenters. The summed E-state index contributed by atoms with van der Waals surface area (Å²) in [7, 11) is 0. The number of furan rings is 1. The van der Waals surface area contributed by atoms with Crippen LogP contribution in [0.1, 0.15) is 29.3 Å². The largest absolute Gasteiger partial charge is 0.468 e. The van der Waals surface area contributed by atoms with Gasteiger partial charge in [-0.3, -0.25) is 0 Å². The molecule has 0 radical (unpaired) electrons. The molecule has 0 aliphatic carbocycles. The second-order valence-electron chi connectivity index (χ2n) is 4.99. The Morgan fingerprint density at radius 1 is 1.52 bits per heavy atom. The average Bonchev–Trinajstić information content (AvgIpc) is 3.13. The van der Waals surface area contributed by atoms with Gasteiger partial charge in [-0.1, -0.05) is 0 Å². The van der Waals surface area contributed by atoms with Crippen molar-refractivity contribution in [3.63, 3.8) is 0 Å². The van der Waals surface area contributed by atoms with Gasteiger partial charge < -0.3 is 19.6 Å². The number of rotatable bonds is 9. The number of aliphatic hydroxyl groups is 1. The van der Waals surface area contributed by atoms with Crippen LogP contribution >= 0.6 is 11.3 Å². The predicted octanol–water partition coefficient (Wildman–Crippen LogP) is 2.32. The average molecular weight is 310 g/mol. The minimum absolute atomic E-state index is 0.0782. The SMILES string of the molecule is Cc1ncsc1CCOCC(O)CN[C@@H](C)c1ccco1. The van der Waals surface area contributed by atoms with Crippen LogP contribution in [0.3, 0.4) is 0 Å². The molecular weight excluding hydrogens is 288 g/mol. The van der Waals surface area contributed by atoms with Crippen molar-refractivity contribution >= 4 is 11.3 Å². The fraction of sp³-hybridized carbons (Fsp3) is 0.533. The van der Waals surface area contributed by atoms with E-state index in [-0.39, 0.29) is 6.04 Å². The number of nitrogens with zero attached hydrogens (tertiary/aromatic N) is 1. The maximum absolute atomic E-state index is 9.88. The lowest BCUT2D eigenvalue weighted by Crippen LogP contribution is -2.32. The zero-order valence-electron chi connectivity index (χ0n) is 12.4. The van der Waals surface area contributed by atoms with Crippen molar-refractivity contribution in [1.29, 1.82) is 0 Å². The molecule has 2 aromatic rings. The van der Waals surface area contributed by atoms with Gasteiger partial charge in [0, 0.05) is 17.8 Å². The van der Waals surface area contributed by atoms with Crippen molar-refractivity contribution in [2.45, 2.75) is 32.4 Å². The van der Waals surface area contributed by atoms with Gasteiger partial charge in [0.1, 0.15) is 5.76 Å². The molecule has 2 aromatic heterocycles. The number of hydrogen-bond acceptors (Lipinski definition) is 6. The third-order valence-electron chi connectivity index (χ3n) is 3.26. The fourth-order valence-corrected chi connectivity index (χ4v) is 2.72. The molecule has 0 aromatic carbocycles. The third-order valence-corrected chi connectivity index (χ3v) is 4.25. The molecule has 5 nitrogen and oxygen atoms in total. The molecule has 0 saturated heterocycles. The normalized spacial score (nSPS) is 14.2. The number of nitrogens with one attached hydrogen (secondary N) is 1. The van der Waals surface area contributed by atoms with E-state index in [4.69, 9.17) is 9.15 Å². The topological polar surface area (TPSA) is 67.5 Å². The monoisotopic (exact) mass is 310 g/mol. The quantitative estimate of drug-likeness (QED) is 0.696. The van der Waals surface area contributed by atoms with Gasteiger partial charge in [0.25, 0.3) is 0 Å². The fourth-order valence-electron chi connectivity index (χ4n) is 1.96. The molecule has 0 bridgehead atoms. The van der Waals surface area contributed by atoms with Gasteiger partial charge >= 0.3 is 0 Å². The molecule has 0 saturated carbocycles. The van der Waals surface area contributed by atoms with Crippen molar-refractivity contribution < 1.29 is 14.3 Å². The molecule has 2 heterocycles. The van der Waals surface area contributed by atoms with Gasteiger partial charge in [-0.25, -0.2) is 4.98 Å². The lowest BCUT2D eigenvalue weighted by molar-refractivity contribution is 0.0370. The van der Waals surface area contributed by atoms with Gasteiger partial charge in [0.05, 0.1) is 42.8 Å². The Balaban J connectivity index is 1.57. The van der Waals surface area contributed by atoms with Gasteiger partial charge in [-0.2, -0.15) is 0 Å². The second kappa shape index (κ2) is 8.29. The maximum atomic E-state index is 9.88. The van der Waals surface area contributed by atoms with Crippen LogP contribution in [0.5, 0.6) is 0 Å². The highest BCUT2D eigenvalue weighted by atomic mass is 32.1. The standard InChI is InChI=1S/C15H22N2O3S/c1-11(14-4-3-6-20-14)16-8-13(18)9-19-7-5-15-12(2)17-10-21-15/h3-4,6,10-11,13,16,18H,5,7-9H2,1-2H3/t11-,13?/m0/s1. The Kier molecular flexibility index (Phi) is 6.38. The van der Waals surface area contributed by atoms with Crippen molar-refractivity contribution in [3.05, 3.63) is 40.2 Å². The predicted molar refractivity (Wildman–Crippen MR) is 82.5 cm³/mol. The lowest BCUT2D eigenvalue weighted by Gasteiger charge is -2.15. The van der Waals surface area contributed by atoms with E-state index >= 15 is 0 Å². The summed E-state index contributed by atoms with van der Waals surface area (Å²) in [6, 6.07) is 3.85. The highest BCUT2D eigenvalue weighted by Gasteiger charge is 2.11. The number of aliphatic hydroxyl groups excluding tert-OH is 1. The van der Waals surface area contributed by atoms with Crippen molar-refractivity contribution in [3.8, 4) is 0 Å². The van der Waals surface area contributed by atoms with Crippen LogP contribution in [0.2, 0.25) is 0 Å². The van der Waals surface area contributed by atoms with Crippen molar-refractivity contribution in [2.75, 3.05) is 19.8 Å². The molecule has 0 aliphatic rings. The van der Waals surface area contributed by atoms with E-state index in [1.54, 1.807) is 17.6 Å². The lowest BCUT2D eigenvalue weighted by atomic mass is 10.2. The number of ether oxygens (including phenoxy) is 1. The van der Waals surface area contributed by atoms with E-state index in [0.717, 1.165) is 17.9 Å². The summed E-state index contributed by atoms with van der Waals surface area (Å²) in [5.74, 6) is 0.865. The zero-order valence-corrected chi connectivity index (χ0v) is 13.2. The summed E-state index contributed by atoms with van der Waals surface area (Å²) in [5, 5.41) is 13.1. The highest BCUT2D eigenvalue weighted by Crippen LogP contribution is 2.13. The first-order valence-electron chi connectivity index (χ1n) is 7.08. The van der Waals surface area contributed by atoms with Gasteiger partial charge in [0.15, 0.2) is 0 Å². The van der Waals surface area contributed by atoms with Gasteiger partial charge in [0.2, 0.25) is 0 Å². The number of aryl methyl sites for hydroxylation is 1. The Labute approximate surface area is 129 Å². The Bertz CT molecular complexity index is 513. The van der Waals surface area contributed by atoms with Crippen LogP contribution in [0, 0.1) is 6.92 Å². The van der Waals surface area contributed by atoms with E-state index in [1.807, 2.05) is 31.5 Å². The van der Waals surface area contributed by atoms with Crippen LogP contribution in [0.25, 0.3) is 0 Å². The molecule has 21 heavy (non-hydrogen) atoms. The first-order valence-corrected chi connectivity index (χ1v) is 7.96. The number of thiazole rings is 1. The smallest absolute Gasteiger partial charge is 0.120 e. The van der Waals surface area contributed by atoms with Crippen LogP contribution in [-0.2, 0) is 11.2 Å². The molecule has 0 spiro atoms. The van der Waals surface area contributed by atoms with Crippen molar-refractivity contribution in [1.82, 2.24) is 10.3 Å². The molecule has 0 aliphatic heterocycles. The van der Waals surface area contributed by atoms with Crippen LogP contribution in [0.4, 0.5) is 0 Å². The number of hydrogen-bond donors (Lipinski definition) is 2. The van der Waals surface area contributed by atoms with Crippen molar-refractivity contribution in [2.24, 2.45) is 0 Å². The Morgan fingerprint density at radius 2 is 2.38 bits per heavy atom. The summed E-state index contributed by atoms with van der Waals surface area (Å²) in [6.07, 6.45) is 1.97. The van der Waals surface area contributed by atoms with Crippen LogP contribution < -0.4 is 5.32 Å².